The number of rotatable bonds is 5. The highest BCUT2D eigenvalue weighted by Crippen LogP contribution is 2.33. The molecule has 0 N–H and O–H groups in total. The van der Waals surface area contributed by atoms with Gasteiger partial charge in [-0.15, -0.1) is 0 Å². The fourth-order valence-electron chi connectivity index (χ4n) is 2.56. The summed E-state index contributed by atoms with van der Waals surface area (Å²) in [4.78, 5) is 16.9. The van der Waals surface area contributed by atoms with E-state index in [0.29, 0.717) is 17.3 Å². The molecule has 128 valence electrons. The standard InChI is InChI=1S/C18H17N3O4/c1-20(13-5-7-14(8-6-13)21(22)23)18-9-4-12-10-16(24-2)17(25-3)11-15(12)19-18/h4-11H,1-3H3. The Morgan fingerprint density at radius 3 is 2.24 bits per heavy atom. The van der Waals surface area contributed by atoms with Crippen molar-refractivity contribution in [2.45, 2.75) is 0 Å². The van der Waals surface area contributed by atoms with Crippen LogP contribution in [0, 0.1) is 10.1 Å². The minimum absolute atomic E-state index is 0.0560. The number of nitro benzene ring substituents is 1. The molecule has 0 aliphatic heterocycles. The van der Waals surface area contributed by atoms with E-state index in [0.717, 1.165) is 16.6 Å². The number of fused-ring (bicyclic) bond motifs is 1. The van der Waals surface area contributed by atoms with Gasteiger partial charge in [-0.1, -0.05) is 0 Å². The van der Waals surface area contributed by atoms with Crippen molar-refractivity contribution in [3.8, 4) is 11.5 Å². The van der Waals surface area contributed by atoms with Crippen LogP contribution in [0.5, 0.6) is 11.5 Å². The molecule has 0 amide bonds. The van der Waals surface area contributed by atoms with Crippen LogP contribution in [0.3, 0.4) is 0 Å². The maximum Gasteiger partial charge on any atom is 0.269 e. The monoisotopic (exact) mass is 339 g/mol. The molecule has 0 radical (unpaired) electrons. The van der Waals surface area contributed by atoms with Gasteiger partial charge in [0.15, 0.2) is 11.5 Å². The van der Waals surface area contributed by atoms with Gasteiger partial charge in [0.2, 0.25) is 0 Å². The average molecular weight is 339 g/mol. The molecule has 0 fully saturated rings. The highest BCUT2D eigenvalue weighted by Gasteiger charge is 2.11. The largest absolute Gasteiger partial charge is 0.493 e. The molecule has 0 spiro atoms. The van der Waals surface area contributed by atoms with Crippen molar-refractivity contribution in [2.75, 3.05) is 26.2 Å². The van der Waals surface area contributed by atoms with Crippen LogP contribution in [-0.4, -0.2) is 31.2 Å². The number of methoxy groups -OCH3 is 2. The molecule has 0 aliphatic carbocycles. The Morgan fingerprint density at radius 1 is 1.00 bits per heavy atom. The number of anilines is 2. The molecule has 3 rings (SSSR count). The maximum atomic E-state index is 10.8. The molecule has 1 heterocycles. The smallest absolute Gasteiger partial charge is 0.269 e. The Kier molecular flexibility index (Phi) is 4.38. The summed E-state index contributed by atoms with van der Waals surface area (Å²) < 4.78 is 10.6. The number of nitro groups is 1. The molecular formula is C18H17N3O4. The Hall–Kier alpha value is -3.35. The van der Waals surface area contributed by atoms with Crippen LogP contribution in [0.25, 0.3) is 10.9 Å². The third-order valence-electron chi connectivity index (χ3n) is 3.97. The van der Waals surface area contributed by atoms with E-state index in [-0.39, 0.29) is 5.69 Å². The van der Waals surface area contributed by atoms with Crippen LogP contribution in [0.15, 0.2) is 48.5 Å². The van der Waals surface area contributed by atoms with Gasteiger partial charge < -0.3 is 14.4 Å². The van der Waals surface area contributed by atoms with Crippen LogP contribution in [0.1, 0.15) is 0 Å². The Bertz CT molecular complexity index is 926. The number of hydrogen-bond acceptors (Lipinski definition) is 6. The summed E-state index contributed by atoms with van der Waals surface area (Å²) >= 11 is 0. The molecule has 0 saturated heterocycles. The third-order valence-corrected chi connectivity index (χ3v) is 3.97. The lowest BCUT2D eigenvalue weighted by Crippen LogP contribution is -2.11. The van der Waals surface area contributed by atoms with Gasteiger partial charge in [-0.2, -0.15) is 0 Å². The number of non-ortho nitro benzene ring substituents is 1. The molecule has 2 aromatic carbocycles. The SMILES string of the molecule is COc1cc2ccc(N(C)c3ccc([N+](=O)[O-])cc3)nc2cc1OC. The summed E-state index contributed by atoms with van der Waals surface area (Å²) in [6.45, 7) is 0. The van der Waals surface area contributed by atoms with E-state index in [2.05, 4.69) is 4.98 Å². The third kappa shape index (κ3) is 3.16. The van der Waals surface area contributed by atoms with Gasteiger partial charge in [-0.25, -0.2) is 4.98 Å². The van der Waals surface area contributed by atoms with Crippen LogP contribution in [0.2, 0.25) is 0 Å². The fraction of sp³-hybridized carbons (Fsp3) is 0.167. The van der Waals surface area contributed by atoms with Crippen molar-refractivity contribution < 1.29 is 14.4 Å². The first-order valence-electron chi connectivity index (χ1n) is 7.54. The van der Waals surface area contributed by atoms with Gasteiger partial charge in [-0.3, -0.25) is 10.1 Å². The lowest BCUT2D eigenvalue weighted by Gasteiger charge is -2.19. The van der Waals surface area contributed by atoms with E-state index in [1.54, 1.807) is 26.4 Å². The Morgan fingerprint density at radius 2 is 1.64 bits per heavy atom. The van der Waals surface area contributed by atoms with E-state index in [4.69, 9.17) is 9.47 Å². The van der Waals surface area contributed by atoms with Crippen LogP contribution in [-0.2, 0) is 0 Å². The minimum atomic E-state index is -0.419. The first-order chi connectivity index (χ1) is 12.0. The predicted molar refractivity (Wildman–Crippen MR) is 96.0 cm³/mol. The minimum Gasteiger partial charge on any atom is -0.493 e. The molecule has 0 unspecified atom stereocenters. The number of pyridine rings is 1. The second-order valence-corrected chi connectivity index (χ2v) is 5.40. The fourth-order valence-corrected chi connectivity index (χ4v) is 2.56. The van der Waals surface area contributed by atoms with Crippen molar-refractivity contribution >= 4 is 28.1 Å². The van der Waals surface area contributed by atoms with Gasteiger partial charge >= 0.3 is 0 Å². The lowest BCUT2D eigenvalue weighted by molar-refractivity contribution is -0.384. The molecular weight excluding hydrogens is 322 g/mol. The second-order valence-electron chi connectivity index (χ2n) is 5.40. The van der Waals surface area contributed by atoms with Gasteiger partial charge in [0.1, 0.15) is 5.82 Å². The zero-order valence-electron chi connectivity index (χ0n) is 14.1. The maximum absolute atomic E-state index is 10.8. The molecule has 3 aromatic rings. The molecule has 7 heteroatoms. The highest BCUT2D eigenvalue weighted by atomic mass is 16.6. The number of aromatic nitrogens is 1. The summed E-state index contributed by atoms with van der Waals surface area (Å²) in [5.41, 5.74) is 1.63. The van der Waals surface area contributed by atoms with Gasteiger partial charge in [-0.05, 0) is 30.3 Å². The molecule has 0 atom stereocenters. The van der Waals surface area contributed by atoms with Crippen LogP contribution < -0.4 is 14.4 Å². The zero-order valence-corrected chi connectivity index (χ0v) is 14.1. The van der Waals surface area contributed by atoms with Crippen molar-refractivity contribution in [3.63, 3.8) is 0 Å². The van der Waals surface area contributed by atoms with Crippen molar-refractivity contribution in [1.82, 2.24) is 4.98 Å². The molecule has 1 aromatic heterocycles. The molecule has 0 aliphatic rings. The van der Waals surface area contributed by atoms with Crippen molar-refractivity contribution in [3.05, 3.63) is 58.6 Å². The van der Waals surface area contributed by atoms with E-state index >= 15 is 0 Å². The second kappa shape index (κ2) is 6.64. The van der Waals surface area contributed by atoms with Gasteiger partial charge in [0.05, 0.1) is 24.7 Å². The normalized spacial score (nSPS) is 10.5. The van der Waals surface area contributed by atoms with Crippen LogP contribution >= 0.6 is 0 Å². The Balaban J connectivity index is 1.98. The van der Waals surface area contributed by atoms with Crippen molar-refractivity contribution in [1.29, 1.82) is 0 Å². The number of nitrogens with zero attached hydrogens (tertiary/aromatic N) is 3. The molecule has 7 nitrogen and oxygen atoms in total. The average Bonchev–Trinajstić information content (AvgIpc) is 2.65. The number of benzene rings is 2. The highest BCUT2D eigenvalue weighted by molar-refractivity contribution is 5.84. The predicted octanol–water partition coefficient (Wildman–Crippen LogP) is 3.93. The number of hydrogen-bond donors (Lipinski definition) is 0. The molecule has 25 heavy (non-hydrogen) atoms. The van der Waals surface area contributed by atoms with E-state index in [9.17, 15) is 10.1 Å². The summed E-state index contributed by atoms with van der Waals surface area (Å²) in [5.74, 6) is 1.97. The topological polar surface area (TPSA) is 77.7 Å². The summed E-state index contributed by atoms with van der Waals surface area (Å²) in [6, 6.07) is 13.9. The van der Waals surface area contributed by atoms with E-state index < -0.39 is 4.92 Å². The number of ether oxygens (including phenoxy) is 2. The van der Waals surface area contributed by atoms with Crippen LogP contribution in [0.4, 0.5) is 17.2 Å². The van der Waals surface area contributed by atoms with Crippen molar-refractivity contribution in [2.24, 2.45) is 0 Å². The summed E-state index contributed by atoms with van der Waals surface area (Å²) in [5, 5.41) is 11.7. The first-order valence-corrected chi connectivity index (χ1v) is 7.54. The van der Waals surface area contributed by atoms with Gasteiger partial charge in [0.25, 0.3) is 5.69 Å². The Labute approximate surface area is 144 Å². The van der Waals surface area contributed by atoms with E-state index in [1.165, 1.54) is 12.1 Å². The molecule has 0 saturated carbocycles. The summed E-state index contributed by atoms with van der Waals surface area (Å²) in [7, 11) is 5.03. The van der Waals surface area contributed by atoms with E-state index in [1.807, 2.05) is 36.2 Å². The first kappa shape index (κ1) is 16.5. The molecule has 0 bridgehead atoms. The quantitative estimate of drug-likeness (QED) is 0.518. The summed E-state index contributed by atoms with van der Waals surface area (Å²) in [6.07, 6.45) is 0. The lowest BCUT2D eigenvalue weighted by atomic mass is 10.2. The van der Waals surface area contributed by atoms with Gasteiger partial charge in [0, 0.05) is 36.3 Å². The zero-order chi connectivity index (χ0) is 18.0.